The first kappa shape index (κ1) is 30.2. The van der Waals surface area contributed by atoms with E-state index in [2.05, 4.69) is 25.7 Å². The molecule has 2 aromatic carbocycles. The molecular formula is C32H44N2O5. The van der Waals surface area contributed by atoms with Crippen LogP contribution in [0, 0.1) is 0 Å². The van der Waals surface area contributed by atoms with Gasteiger partial charge in [-0.1, -0.05) is 52.7 Å². The number of amides is 1. The smallest absolute Gasteiger partial charge is 0.295 e. The number of ketones is 1. The number of rotatable bonds is 16. The van der Waals surface area contributed by atoms with E-state index in [1.807, 2.05) is 31.2 Å². The van der Waals surface area contributed by atoms with E-state index >= 15 is 0 Å². The predicted molar refractivity (Wildman–Crippen MR) is 155 cm³/mol. The molecular weight excluding hydrogens is 492 g/mol. The van der Waals surface area contributed by atoms with Crippen molar-refractivity contribution < 1.29 is 24.2 Å². The van der Waals surface area contributed by atoms with Crippen molar-refractivity contribution in [3.63, 3.8) is 0 Å². The number of carbonyl (C=O) groups excluding carboxylic acids is 2. The van der Waals surface area contributed by atoms with Gasteiger partial charge < -0.3 is 24.4 Å². The molecule has 0 bridgehead atoms. The van der Waals surface area contributed by atoms with Gasteiger partial charge in [0.2, 0.25) is 0 Å². The Labute approximate surface area is 233 Å². The first-order chi connectivity index (χ1) is 18.9. The van der Waals surface area contributed by atoms with Gasteiger partial charge in [0.05, 0.1) is 24.8 Å². The van der Waals surface area contributed by atoms with Crippen LogP contribution in [0.1, 0.15) is 77.0 Å². The van der Waals surface area contributed by atoms with E-state index in [0.717, 1.165) is 63.1 Å². The van der Waals surface area contributed by atoms with Gasteiger partial charge in [-0.15, -0.1) is 0 Å². The molecule has 7 nitrogen and oxygen atoms in total. The molecule has 1 heterocycles. The molecule has 1 N–H and O–H groups in total. The average Bonchev–Trinajstić information content (AvgIpc) is 3.21. The van der Waals surface area contributed by atoms with Crippen molar-refractivity contribution in [2.75, 3.05) is 39.4 Å². The highest BCUT2D eigenvalue weighted by atomic mass is 16.5. The second-order valence-corrected chi connectivity index (χ2v) is 9.87. The summed E-state index contributed by atoms with van der Waals surface area (Å²) >= 11 is 0. The molecule has 1 fully saturated rings. The molecule has 1 atom stereocenters. The van der Waals surface area contributed by atoms with Gasteiger partial charge in [0, 0.05) is 12.1 Å². The number of aliphatic hydroxyl groups is 1. The van der Waals surface area contributed by atoms with Crippen molar-refractivity contribution in [3.05, 3.63) is 65.2 Å². The number of ether oxygens (including phenoxy) is 2. The Kier molecular flexibility index (Phi) is 11.9. The maximum Gasteiger partial charge on any atom is 0.295 e. The van der Waals surface area contributed by atoms with E-state index < -0.39 is 17.7 Å². The third-order valence-electron chi connectivity index (χ3n) is 7.12. The van der Waals surface area contributed by atoms with Gasteiger partial charge in [-0.2, -0.15) is 0 Å². The van der Waals surface area contributed by atoms with Crippen LogP contribution in [0.3, 0.4) is 0 Å². The molecule has 1 saturated heterocycles. The molecule has 7 heteroatoms. The number of likely N-dealkylation sites (tertiary alicyclic amines) is 1. The van der Waals surface area contributed by atoms with Gasteiger partial charge >= 0.3 is 0 Å². The maximum atomic E-state index is 13.3. The molecule has 1 amide bonds. The largest absolute Gasteiger partial charge is 0.507 e. The van der Waals surface area contributed by atoms with Crippen molar-refractivity contribution in [2.24, 2.45) is 0 Å². The number of benzene rings is 2. The Morgan fingerprint density at radius 1 is 0.821 bits per heavy atom. The fraction of sp³-hybridized carbons (Fsp3) is 0.500. The Morgan fingerprint density at radius 3 is 2.03 bits per heavy atom. The molecule has 0 spiro atoms. The van der Waals surface area contributed by atoms with Crippen LogP contribution in [-0.2, 0) is 9.59 Å². The van der Waals surface area contributed by atoms with Crippen molar-refractivity contribution in [2.45, 2.75) is 65.8 Å². The van der Waals surface area contributed by atoms with E-state index in [0.29, 0.717) is 31.1 Å². The number of unbranched alkanes of at least 4 members (excludes halogenated alkanes) is 2. The Morgan fingerprint density at radius 2 is 1.44 bits per heavy atom. The summed E-state index contributed by atoms with van der Waals surface area (Å²) in [5.41, 5.74) is 1.35. The van der Waals surface area contributed by atoms with Crippen molar-refractivity contribution in [3.8, 4) is 11.5 Å². The summed E-state index contributed by atoms with van der Waals surface area (Å²) in [4.78, 5) is 30.5. The second kappa shape index (κ2) is 15.3. The summed E-state index contributed by atoms with van der Waals surface area (Å²) in [6.07, 6.45) is 4.86. The van der Waals surface area contributed by atoms with Gasteiger partial charge in [-0.25, -0.2) is 0 Å². The predicted octanol–water partition coefficient (Wildman–Crippen LogP) is 6.20. The Hall–Kier alpha value is -3.32. The number of Topliss-reactive ketones (excluding diaryl/α,β-unsaturated/α-hetero) is 1. The molecule has 0 radical (unpaired) electrons. The Balaban J connectivity index is 1.93. The topological polar surface area (TPSA) is 79.3 Å². The Bertz CT molecular complexity index is 1090. The van der Waals surface area contributed by atoms with Crippen molar-refractivity contribution in [1.82, 2.24) is 9.80 Å². The minimum atomic E-state index is -0.674. The normalized spacial score (nSPS) is 16.7. The van der Waals surface area contributed by atoms with E-state index in [1.54, 1.807) is 29.2 Å². The number of hydrogen-bond acceptors (Lipinski definition) is 6. The molecule has 0 aromatic heterocycles. The fourth-order valence-electron chi connectivity index (χ4n) is 4.83. The van der Waals surface area contributed by atoms with Gasteiger partial charge in [-0.3, -0.25) is 9.59 Å². The third kappa shape index (κ3) is 7.85. The summed E-state index contributed by atoms with van der Waals surface area (Å²) < 4.78 is 11.5. The molecule has 0 saturated carbocycles. The minimum absolute atomic E-state index is 0.113. The van der Waals surface area contributed by atoms with E-state index in [-0.39, 0.29) is 11.3 Å². The molecule has 3 rings (SSSR count). The average molecular weight is 537 g/mol. The lowest BCUT2D eigenvalue weighted by atomic mass is 9.95. The summed E-state index contributed by atoms with van der Waals surface area (Å²) in [5, 5.41) is 11.3. The van der Waals surface area contributed by atoms with Crippen LogP contribution < -0.4 is 9.47 Å². The maximum absolute atomic E-state index is 13.3. The summed E-state index contributed by atoms with van der Waals surface area (Å²) in [7, 11) is 0. The first-order valence-corrected chi connectivity index (χ1v) is 14.4. The van der Waals surface area contributed by atoms with E-state index in [4.69, 9.17) is 9.47 Å². The van der Waals surface area contributed by atoms with Crippen LogP contribution in [0.5, 0.6) is 11.5 Å². The molecule has 1 aliphatic heterocycles. The zero-order valence-corrected chi connectivity index (χ0v) is 23.9. The van der Waals surface area contributed by atoms with E-state index in [9.17, 15) is 14.7 Å². The lowest BCUT2D eigenvalue weighted by molar-refractivity contribution is -0.140. The van der Waals surface area contributed by atoms with Crippen molar-refractivity contribution >= 4 is 17.4 Å². The molecule has 212 valence electrons. The summed E-state index contributed by atoms with van der Waals surface area (Å²) in [6.45, 7) is 12.8. The third-order valence-corrected chi connectivity index (χ3v) is 7.12. The van der Waals surface area contributed by atoms with Crippen LogP contribution in [-0.4, -0.2) is 66.0 Å². The van der Waals surface area contributed by atoms with Crippen LogP contribution >= 0.6 is 0 Å². The highest BCUT2D eigenvalue weighted by Gasteiger charge is 2.45. The fourth-order valence-corrected chi connectivity index (χ4v) is 4.83. The van der Waals surface area contributed by atoms with Crippen LogP contribution in [0.2, 0.25) is 0 Å². The molecule has 1 unspecified atom stereocenters. The summed E-state index contributed by atoms with van der Waals surface area (Å²) in [6, 6.07) is 13.8. The number of hydrogen-bond donors (Lipinski definition) is 1. The highest BCUT2D eigenvalue weighted by molar-refractivity contribution is 6.46. The minimum Gasteiger partial charge on any atom is -0.507 e. The first-order valence-electron chi connectivity index (χ1n) is 14.4. The van der Waals surface area contributed by atoms with Gasteiger partial charge in [0.25, 0.3) is 11.7 Å². The highest BCUT2D eigenvalue weighted by Crippen LogP contribution is 2.40. The van der Waals surface area contributed by atoms with Crippen LogP contribution in [0.4, 0.5) is 0 Å². The second-order valence-electron chi connectivity index (χ2n) is 9.87. The lowest BCUT2D eigenvalue weighted by Crippen LogP contribution is -2.33. The molecule has 39 heavy (non-hydrogen) atoms. The molecule has 0 aliphatic carbocycles. The number of carbonyl (C=O) groups is 2. The number of nitrogens with zero attached hydrogens (tertiary/aromatic N) is 2. The van der Waals surface area contributed by atoms with Gasteiger partial charge in [-0.05, 0) is 80.9 Å². The molecule has 1 aliphatic rings. The number of aliphatic hydroxyl groups excluding tert-OH is 1. The van der Waals surface area contributed by atoms with E-state index in [1.165, 1.54) is 0 Å². The SMILES string of the molecule is CCCCCOc1ccc(C2/C(=C(/O)c3ccc(OCCC)cc3)C(=O)C(=O)N2CCCN(CC)CC)cc1. The quantitative estimate of drug-likeness (QED) is 0.119. The van der Waals surface area contributed by atoms with Crippen LogP contribution in [0.25, 0.3) is 5.76 Å². The van der Waals surface area contributed by atoms with Gasteiger partial charge in [0.15, 0.2) is 0 Å². The van der Waals surface area contributed by atoms with Crippen molar-refractivity contribution in [1.29, 1.82) is 0 Å². The zero-order valence-electron chi connectivity index (χ0n) is 23.9. The zero-order chi connectivity index (χ0) is 28.2. The summed E-state index contributed by atoms with van der Waals surface area (Å²) in [5.74, 6) is 0.0225. The van der Waals surface area contributed by atoms with Crippen LogP contribution in [0.15, 0.2) is 54.1 Å². The molecule has 2 aromatic rings. The standard InChI is InChI=1S/C32H44N2O5/c1-5-9-10-23-39-27-16-12-24(13-17-27)29-28(30(35)25-14-18-26(19-15-25)38-22-6-2)31(36)32(37)34(29)21-11-20-33(7-3)8-4/h12-19,29,35H,5-11,20-23H2,1-4H3/b30-28-. The monoisotopic (exact) mass is 536 g/mol. The van der Waals surface area contributed by atoms with Gasteiger partial charge in [0.1, 0.15) is 17.3 Å². The lowest BCUT2D eigenvalue weighted by Gasteiger charge is -2.27.